The first-order chi connectivity index (χ1) is 18.8. The zero-order valence-electron chi connectivity index (χ0n) is 27.3. The van der Waals surface area contributed by atoms with Gasteiger partial charge in [-0.2, -0.15) is 0 Å². The summed E-state index contributed by atoms with van der Waals surface area (Å²) in [6, 6.07) is 48.0. The van der Waals surface area contributed by atoms with E-state index in [-0.39, 0.29) is 0 Å². The summed E-state index contributed by atoms with van der Waals surface area (Å²) in [5.74, 6) is 0. The lowest BCUT2D eigenvalue weighted by molar-refractivity contribution is 1.09. The summed E-state index contributed by atoms with van der Waals surface area (Å²) in [5, 5.41) is 0. The van der Waals surface area contributed by atoms with E-state index < -0.39 is 0 Å². The van der Waals surface area contributed by atoms with Crippen LogP contribution in [0.5, 0.6) is 0 Å². The van der Waals surface area contributed by atoms with Gasteiger partial charge >= 0.3 is 0 Å². The fraction of sp³-hybridized carbons (Fsp3) is 0.368. The van der Waals surface area contributed by atoms with Gasteiger partial charge in [-0.05, 0) is 0 Å². The average Bonchev–Trinajstić information content (AvgIpc) is 3.06. The van der Waals surface area contributed by atoms with Crippen molar-refractivity contribution >= 4 is 0 Å². The molecule has 0 saturated carbocycles. The molecule has 0 bridgehead atoms. The molecule has 0 nitrogen and oxygen atoms in total. The highest BCUT2D eigenvalue weighted by molar-refractivity contribution is 5.00. The van der Waals surface area contributed by atoms with Crippen LogP contribution in [0.4, 0.5) is 0 Å². The molecule has 0 heteroatoms. The molecule has 0 amide bonds. The van der Waals surface area contributed by atoms with Crippen molar-refractivity contribution in [1.82, 2.24) is 0 Å². The van der Waals surface area contributed by atoms with Gasteiger partial charge in [0.15, 0.2) is 0 Å². The van der Waals surface area contributed by atoms with E-state index >= 15 is 0 Å². The normalized spacial score (nSPS) is 6.63. The van der Waals surface area contributed by atoms with Gasteiger partial charge in [0.05, 0.1) is 0 Å². The van der Waals surface area contributed by atoms with E-state index in [1.54, 1.807) is 0 Å². The molecule has 0 aliphatic heterocycles. The highest BCUT2D eigenvalue weighted by Crippen LogP contribution is 1.81. The summed E-state index contributed by atoms with van der Waals surface area (Å²) in [7, 11) is 0. The van der Waals surface area contributed by atoms with Crippen LogP contribution in [0.25, 0.3) is 0 Å². The third-order valence-electron chi connectivity index (χ3n) is 2.67. The van der Waals surface area contributed by atoms with Gasteiger partial charge in [-0.1, -0.05) is 242 Å². The summed E-state index contributed by atoms with van der Waals surface area (Å²) >= 11 is 0. The molecule has 0 aliphatic rings. The van der Waals surface area contributed by atoms with E-state index in [2.05, 4.69) is 27.7 Å². The molecule has 4 aromatic carbocycles. The fourth-order valence-corrected chi connectivity index (χ4v) is 1.54. The molecule has 38 heavy (non-hydrogen) atoms. The third-order valence-corrected chi connectivity index (χ3v) is 2.67. The topological polar surface area (TPSA) is 0 Å². The summed E-state index contributed by atoms with van der Waals surface area (Å²) in [6.07, 6.45) is 2.50. The minimum atomic E-state index is 1.25. The van der Waals surface area contributed by atoms with Crippen LogP contribution < -0.4 is 0 Å². The molecule has 4 aromatic rings. The highest BCUT2D eigenvalue weighted by atomic mass is 13.7. The lowest BCUT2D eigenvalue weighted by Gasteiger charge is -1.69. The van der Waals surface area contributed by atoms with Gasteiger partial charge in [0.2, 0.25) is 0 Å². The Balaban J connectivity index is -0.0000000780. The zero-order chi connectivity index (χ0) is 30.4. The summed E-state index contributed by atoms with van der Waals surface area (Å²) in [5.41, 5.74) is 0. The fourth-order valence-electron chi connectivity index (χ4n) is 1.54. The quantitative estimate of drug-likeness (QED) is 0.216. The van der Waals surface area contributed by atoms with Gasteiger partial charge in [0.1, 0.15) is 0 Å². The minimum absolute atomic E-state index is 1.25. The van der Waals surface area contributed by atoms with Gasteiger partial charge in [-0.15, -0.1) is 0 Å². The second kappa shape index (κ2) is 70.0. The van der Waals surface area contributed by atoms with Crippen molar-refractivity contribution in [3.8, 4) is 0 Å². The van der Waals surface area contributed by atoms with E-state index in [1.807, 2.05) is 201 Å². The Bertz CT molecular complexity index is 442. The molecule has 216 valence electrons. The van der Waals surface area contributed by atoms with Crippen LogP contribution in [-0.4, -0.2) is 0 Å². The summed E-state index contributed by atoms with van der Waals surface area (Å²) in [4.78, 5) is 0. The molecule has 0 heterocycles. The molecule has 0 spiro atoms. The number of benzene rings is 4. The first kappa shape index (κ1) is 48.0. The van der Waals surface area contributed by atoms with Crippen molar-refractivity contribution in [1.29, 1.82) is 0 Å². The maximum absolute atomic E-state index is 2.12. The maximum Gasteiger partial charge on any atom is -0.0590 e. The molecular weight excluding hydrogens is 456 g/mol. The SMILES string of the molecule is CC.CC.CC.CC.CCC.CCC.c1ccccc1.c1ccccc1.c1ccccc1.c1ccccc1. The molecule has 0 atom stereocenters. The van der Waals surface area contributed by atoms with Gasteiger partial charge in [0, 0.05) is 0 Å². The van der Waals surface area contributed by atoms with Crippen molar-refractivity contribution in [2.45, 2.75) is 95.9 Å². The van der Waals surface area contributed by atoms with Crippen LogP contribution in [0.2, 0.25) is 0 Å². The van der Waals surface area contributed by atoms with E-state index in [1.165, 1.54) is 12.8 Å². The van der Waals surface area contributed by atoms with E-state index in [0.717, 1.165) is 0 Å². The van der Waals surface area contributed by atoms with Gasteiger partial charge < -0.3 is 0 Å². The molecule has 0 radical (unpaired) electrons. The van der Waals surface area contributed by atoms with Crippen molar-refractivity contribution in [2.24, 2.45) is 0 Å². The Labute approximate surface area is 241 Å². The molecule has 0 N–H and O–H groups in total. The third kappa shape index (κ3) is 76.6. The second-order valence-corrected chi connectivity index (χ2v) is 6.03. The lowest BCUT2D eigenvalue weighted by Crippen LogP contribution is -1.47. The monoisotopic (exact) mass is 521 g/mol. The molecule has 0 aliphatic carbocycles. The van der Waals surface area contributed by atoms with Crippen LogP contribution in [0.3, 0.4) is 0 Å². The number of rotatable bonds is 0. The van der Waals surface area contributed by atoms with Gasteiger partial charge in [-0.3, -0.25) is 0 Å². The van der Waals surface area contributed by atoms with Crippen molar-refractivity contribution in [2.75, 3.05) is 0 Å². The number of hydrogen-bond acceptors (Lipinski definition) is 0. The standard InChI is InChI=1S/4C6H6.2C3H8.4C2H6/c4*1-2-4-6-5-3-1;2*1-3-2;4*1-2/h4*1-6H;2*3H2,1-2H3;4*1-2H3. The molecule has 0 aromatic heterocycles. The minimum Gasteiger partial charge on any atom is -0.0683 e. The van der Waals surface area contributed by atoms with Crippen LogP contribution in [0, 0.1) is 0 Å². The van der Waals surface area contributed by atoms with Crippen LogP contribution in [0.15, 0.2) is 146 Å². The largest absolute Gasteiger partial charge is 0.0683 e. The Morgan fingerprint density at radius 1 is 0.184 bits per heavy atom. The van der Waals surface area contributed by atoms with E-state index in [0.29, 0.717) is 0 Å². The molecule has 0 fully saturated rings. The Hall–Kier alpha value is -3.12. The maximum atomic E-state index is 2.12. The predicted molar refractivity (Wildman–Crippen MR) is 183 cm³/mol. The first-order valence-corrected chi connectivity index (χ1v) is 14.8. The predicted octanol–water partition coefficient (Wildman–Crippen LogP) is 13.7. The first-order valence-electron chi connectivity index (χ1n) is 14.8. The molecular formula is C38H64. The van der Waals surface area contributed by atoms with Gasteiger partial charge in [0.25, 0.3) is 0 Å². The highest BCUT2D eigenvalue weighted by Gasteiger charge is 1.59. The average molecular weight is 521 g/mol. The van der Waals surface area contributed by atoms with Crippen molar-refractivity contribution in [3.05, 3.63) is 146 Å². The molecule has 4 rings (SSSR count). The summed E-state index contributed by atoms with van der Waals surface area (Å²) < 4.78 is 0. The van der Waals surface area contributed by atoms with Gasteiger partial charge in [-0.25, -0.2) is 0 Å². The Morgan fingerprint density at radius 3 is 0.237 bits per heavy atom. The van der Waals surface area contributed by atoms with Crippen LogP contribution >= 0.6 is 0 Å². The zero-order valence-corrected chi connectivity index (χ0v) is 27.3. The molecule has 0 saturated heterocycles. The van der Waals surface area contributed by atoms with Crippen molar-refractivity contribution < 1.29 is 0 Å². The lowest BCUT2D eigenvalue weighted by atomic mass is 10.4. The Morgan fingerprint density at radius 2 is 0.211 bits per heavy atom. The summed E-state index contributed by atoms with van der Waals surface area (Å²) in [6.45, 7) is 24.5. The smallest absolute Gasteiger partial charge is 0.0590 e. The van der Waals surface area contributed by atoms with Crippen LogP contribution in [0.1, 0.15) is 95.9 Å². The number of hydrogen-bond donors (Lipinski definition) is 0. The van der Waals surface area contributed by atoms with Crippen LogP contribution in [-0.2, 0) is 0 Å². The second-order valence-electron chi connectivity index (χ2n) is 6.03. The van der Waals surface area contributed by atoms with E-state index in [4.69, 9.17) is 0 Å². The Kier molecular flexibility index (Phi) is 88.4. The molecule has 0 unspecified atom stereocenters. The van der Waals surface area contributed by atoms with Crippen molar-refractivity contribution in [3.63, 3.8) is 0 Å². The van der Waals surface area contributed by atoms with E-state index in [9.17, 15) is 0 Å².